The normalized spacial score (nSPS) is 10.5. The Hall–Kier alpha value is -1.30. The lowest BCUT2D eigenvalue weighted by Gasteiger charge is -2.23. The molecule has 0 heterocycles. The summed E-state index contributed by atoms with van der Waals surface area (Å²) in [5.74, 6) is 0.760. The van der Waals surface area contributed by atoms with Crippen LogP contribution in [0.25, 0.3) is 0 Å². The van der Waals surface area contributed by atoms with Crippen LogP contribution in [0.2, 0.25) is 0 Å². The van der Waals surface area contributed by atoms with Crippen molar-refractivity contribution in [3.63, 3.8) is 0 Å². The summed E-state index contributed by atoms with van der Waals surface area (Å²) in [5.41, 5.74) is 0.919. The number of aliphatic hydroxyl groups excluding tert-OH is 3. The van der Waals surface area contributed by atoms with Crippen molar-refractivity contribution < 1.29 is 20.1 Å². The van der Waals surface area contributed by atoms with Gasteiger partial charge in [-0.2, -0.15) is 0 Å². The number of aliphatic hydroxyl groups is 3. The maximum absolute atomic E-state index is 9.02. The lowest BCUT2D eigenvalue weighted by molar-refractivity contribution is 0.253. The fourth-order valence-corrected chi connectivity index (χ4v) is 1.79. The van der Waals surface area contributed by atoms with Gasteiger partial charge in [0.2, 0.25) is 0 Å². The topological polar surface area (TPSA) is 73.2 Å². The molecule has 1 aromatic rings. The summed E-state index contributed by atoms with van der Waals surface area (Å²) >= 11 is 0. The highest BCUT2D eigenvalue weighted by Crippen LogP contribution is 2.21. The molecular formula is C14H23NO4. The minimum Gasteiger partial charge on any atom is -0.494 e. The Balaban J connectivity index is 2.58. The number of hydrogen-bond acceptors (Lipinski definition) is 5. The van der Waals surface area contributed by atoms with Crippen molar-refractivity contribution in [3.05, 3.63) is 24.3 Å². The Morgan fingerprint density at radius 2 is 1.68 bits per heavy atom. The Bertz CT molecular complexity index is 340. The molecule has 1 rings (SSSR count). The molecule has 5 heteroatoms. The van der Waals surface area contributed by atoms with Crippen LogP contribution < -0.4 is 9.64 Å². The molecular weight excluding hydrogens is 246 g/mol. The van der Waals surface area contributed by atoms with Gasteiger partial charge in [-0.05, 0) is 25.0 Å². The molecule has 1 aromatic carbocycles. The van der Waals surface area contributed by atoms with Gasteiger partial charge in [0.15, 0.2) is 0 Å². The van der Waals surface area contributed by atoms with E-state index in [0.717, 1.165) is 24.3 Å². The van der Waals surface area contributed by atoms with Crippen molar-refractivity contribution in [1.82, 2.24) is 0 Å². The second-order valence-corrected chi connectivity index (χ2v) is 4.21. The molecule has 5 nitrogen and oxygen atoms in total. The van der Waals surface area contributed by atoms with Crippen molar-refractivity contribution in [2.75, 3.05) is 44.4 Å². The second-order valence-electron chi connectivity index (χ2n) is 4.21. The van der Waals surface area contributed by atoms with E-state index < -0.39 is 0 Å². The highest BCUT2D eigenvalue weighted by molar-refractivity contribution is 5.50. The van der Waals surface area contributed by atoms with E-state index in [-0.39, 0.29) is 19.8 Å². The van der Waals surface area contributed by atoms with Crippen LogP contribution in [0.3, 0.4) is 0 Å². The molecule has 0 fully saturated rings. The fraction of sp³-hybridized carbons (Fsp3) is 0.571. The van der Waals surface area contributed by atoms with E-state index in [0.29, 0.717) is 19.7 Å². The Labute approximate surface area is 114 Å². The van der Waals surface area contributed by atoms with E-state index >= 15 is 0 Å². The molecule has 0 aromatic heterocycles. The molecule has 0 aliphatic rings. The zero-order chi connectivity index (χ0) is 13.9. The Kier molecular flexibility index (Phi) is 7.97. The molecule has 108 valence electrons. The van der Waals surface area contributed by atoms with Crippen LogP contribution in [0.4, 0.5) is 5.69 Å². The van der Waals surface area contributed by atoms with Crippen LogP contribution in [0.15, 0.2) is 24.3 Å². The predicted octanol–water partition coefficient (Wildman–Crippen LogP) is 0.629. The van der Waals surface area contributed by atoms with Crippen LogP contribution >= 0.6 is 0 Å². The highest BCUT2D eigenvalue weighted by Gasteiger charge is 2.06. The minimum absolute atomic E-state index is 0.0432. The summed E-state index contributed by atoms with van der Waals surface area (Å²) < 4.78 is 5.59. The van der Waals surface area contributed by atoms with Gasteiger partial charge in [0.1, 0.15) is 5.75 Å². The van der Waals surface area contributed by atoms with Crippen molar-refractivity contribution in [2.45, 2.75) is 12.8 Å². The molecule has 0 amide bonds. The van der Waals surface area contributed by atoms with Gasteiger partial charge in [-0.15, -0.1) is 0 Å². The standard InChI is InChI=1S/C14H23NO4/c16-8-1-2-11-19-14-5-3-4-13(12-14)15(6-9-17)7-10-18/h3-5,12,16-18H,1-2,6-11H2. The summed E-state index contributed by atoms with van der Waals surface area (Å²) in [6, 6.07) is 7.58. The second kappa shape index (κ2) is 9.61. The summed E-state index contributed by atoms with van der Waals surface area (Å²) in [7, 11) is 0. The maximum Gasteiger partial charge on any atom is 0.121 e. The molecule has 0 atom stereocenters. The third-order valence-electron chi connectivity index (χ3n) is 2.74. The molecule has 0 aliphatic heterocycles. The molecule has 0 unspecified atom stereocenters. The summed E-state index contributed by atoms with van der Waals surface area (Å²) in [5, 5.41) is 26.7. The quantitative estimate of drug-likeness (QED) is 0.543. The molecule has 3 N–H and O–H groups in total. The van der Waals surface area contributed by atoms with Gasteiger partial charge in [-0.3, -0.25) is 0 Å². The van der Waals surface area contributed by atoms with Crippen molar-refractivity contribution in [3.8, 4) is 5.75 Å². The SMILES string of the molecule is OCCCCOc1cccc(N(CCO)CCO)c1. The van der Waals surface area contributed by atoms with Gasteiger partial charge in [0.05, 0.1) is 19.8 Å². The molecule has 0 aliphatic carbocycles. The largest absolute Gasteiger partial charge is 0.494 e. The van der Waals surface area contributed by atoms with Gasteiger partial charge in [-0.1, -0.05) is 6.07 Å². The van der Waals surface area contributed by atoms with Crippen LogP contribution in [-0.4, -0.2) is 54.8 Å². The van der Waals surface area contributed by atoms with Gasteiger partial charge in [-0.25, -0.2) is 0 Å². The smallest absolute Gasteiger partial charge is 0.121 e. The highest BCUT2D eigenvalue weighted by atomic mass is 16.5. The maximum atomic E-state index is 9.02. The first-order chi connectivity index (χ1) is 9.31. The molecule has 0 spiro atoms. The van der Waals surface area contributed by atoms with Gasteiger partial charge < -0.3 is 25.0 Å². The third kappa shape index (κ3) is 5.92. The molecule has 0 bridgehead atoms. The number of benzene rings is 1. The number of anilines is 1. The molecule has 0 saturated heterocycles. The van der Waals surface area contributed by atoms with Gasteiger partial charge in [0, 0.05) is 31.5 Å². The average molecular weight is 269 g/mol. The van der Waals surface area contributed by atoms with Gasteiger partial charge in [0.25, 0.3) is 0 Å². The number of rotatable bonds is 10. The third-order valence-corrected chi connectivity index (χ3v) is 2.74. The zero-order valence-electron chi connectivity index (χ0n) is 11.2. The van der Waals surface area contributed by atoms with E-state index in [1.165, 1.54) is 0 Å². The van der Waals surface area contributed by atoms with Crippen molar-refractivity contribution in [1.29, 1.82) is 0 Å². The lowest BCUT2D eigenvalue weighted by atomic mass is 10.2. The summed E-state index contributed by atoms with van der Waals surface area (Å²) in [6.07, 6.45) is 1.55. The van der Waals surface area contributed by atoms with Gasteiger partial charge >= 0.3 is 0 Å². The first kappa shape index (κ1) is 15.8. The van der Waals surface area contributed by atoms with Crippen molar-refractivity contribution in [2.24, 2.45) is 0 Å². The van der Waals surface area contributed by atoms with E-state index in [9.17, 15) is 0 Å². The lowest BCUT2D eigenvalue weighted by Crippen LogP contribution is -2.29. The minimum atomic E-state index is 0.0432. The van der Waals surface area contributed by atoms with E-state index in [1.807, 2.05) is 29.2 Å². The van der Waals surface area contributed by atoms with E-state index in [2.05, 4.69) is 0 Å². The monoisotopic (exact) mass is 269 g/mol. The molecule has 0 radical (unpaired) electrons. The van der Waals surface area contributed by atoms with Crippen LogP contribution in [-0.2, 0) is 0 Å². The first-order valence-electron chi connectivity index (χ1n) is 6.62. The Morgan fingerprint density at radius 1 is 0.947 bits per heavy atom. The van der Waals surface area contributed by atoms with Crippen LogP contribution in [0.1, 0.15) is 12.8 Å². The summed E-state index contributed by atoms with van der Waals surface area (Å²) in [6.45, 7) is 1.81. The van der Waals surface area contributed by atoms with Crippen molar-refractivity contribution >= 4 is 5.69 Å². The summed E-state index contributed by atoms with van der Waals surface area (Å²) in [4.78, 5) is 1.90. The predicted molar refractivity (Wildman–Crippen MR) is 74.6 cm³/mol. The first-order valence-corrected chi connectivity index (χ1v) is 6.62. The van der Waals surface area contributed by atoms with Crippen LogP contribution in [0, 0.1) is 0 Å². The van der Waals surface area contributed by atoms with Crippen LogP contribution in [0.5, 0.6) is 5.75 Å². The molecule has 0 saturated carbocycles. The van der Waals surface area contributed by atoms with E-state index in [4.69, 9.17) is 20.1 Å². The number of hydrogen-bond donors (Lipinski definition) is 3. The number of unbranched alkanes of at least 4 members (excludes halogenated alkanes) is 1. The number of ether oxygens (including phenoxy) is 1. The zero-order valence-corrected chi connectivity index (χ0v) is 11.2. The fourth-order valence-electron chi connectivity index (χ4n) is 1.79. The average Bonchev–Trinajstić information content (AvgIpc) is 2.44. The number of nitrogens with zero attached hydrogens (tertiary/aromatic N) is 1. The molecule has 19 heavy (non-hydrogen) atoms. The van der Waals surface area contributed by atoms with E-state index in [1.54, 1.807) is 0 Å². The Morgan fingerprint density at radius 3 is 2.32 bits per heavy atom.